The summed E-state index contributed by atoms with van der Waals surface area (Å²) in [7, 11) is 0. The molecule has 0 radical (unpaired) electrons. The predicted molar refractivity (Wildman–Crippen MR) is 64.6 cm³/mol. The Labute approximate surface area is 112 Å². The molecule has 0 aliphatic carbocycles. The quantitative estimate of drug-likeness (QED) is 0.686. The summed E-state index contributed by atoms with van der Waals surface area (Å²) in [5.74, 6) is -0.128. The van der Waals surface area contributed by atoms with Crippen LogP contribution in [0.25, 0.3) is 0 Å². The Morgan fingerprint density at radius 3 is 2.70 bits per heavy atom. The molecule has 0 aromatic heterocycles. The standard InChI is InChI=1S/C12H13F3N2O3/c13-12(14,15)8-3-4-11(10(6-8)17(18)19)20-9-2-1-5-16-7-9/h3-4,6,9,16H,1-2,5,7H2/t9-/m0/s1. The zero-order valence-electron chi connectivity index (χ0n) is 10.4. The van der Waals surface area contributed by atoms with E-state index in [4.69, 9.17) is 4.74 Å². The molecule has 20 heavy (non-hydrogen) atoms. The molecule has 1 aromatic carbocycles. The van der Waals surface area contributed by atoms with E-state index in [1.165, 1.54) is 0 Å². The Balaban J connectivity index is 2.25. The first-order valence-electron chi connectivity index (χ1n) is 6.11. The first kappa shape index (κ1) is 14.6. The number of nitro groups is 1. The lowest BCUT2D eigenvalue weighted by molar-refractivity contribution is -0.386. The smallest absolute Gasteiger partial charge is 0.416 e. The van der Waals surface area contributed by atoms with E-state index >= 15 is 0 Å². The molecule has 0 unspecified atom stereocenters. The topological polar surface area (TPSA) is 64.4 Å². The molecule has 1 aliphatic heterocycles. The Kier molecular flexibility index (Phi) is 4.12. The number of hydrogen-bond donors (Lipinski definition) is 1. The van der Waals surface area contributed by atoms with Gasteiger partial charge >= 0.3 is 11.9 Å². The van der Waals surface area contributed by atoms with E-state index in [0.717, 1.165) is 25.1 Å². The van der Waals surface area contributed by atoms with Crippen LogP contribution in [-0.2, 0) is 6.18 Å². The summed E-state index contributed by atoms with van der Waals surface area (Å²) in [5, 5.41) is 13.9. The zero-order chi connectivity index (χ0) is 14.8. The van der Waals surface area contributed by atoms with Gasteiger partial charge in [-0.1, -0.05) is 0 Å². The van der Waals surface area contributed by atoms with Crippen LogP contribution in [0.3, 0.4) is 0 Å². The fourth-order valence-electron chi connectivity index (χ4n) is 2.04. The molecule has 5 nitrogen and oxygen atoms in total. The number of nitrogens with zero attached hydrogens (tertiary/aromatic N) is 1. The number of ether oxygens (including phenoxy) is 1. The third kappa shape index (κ3) is 3.38. The fraction of sp³-hybridized carbons (Fsp3) is 0.500. The van der Waals surface area contributed by atoms with Gasteiger partial charge in [-0.15, -0.1) is 0 Å². The van der Waals surface area contributed by atoms with Gasteiger partial charge in [0.2, 0.25) is 0 Å². The van der Waals surface area contributed by atoms with Crippen molar-refractivity contribution in [3.05, 3.63) is 33.9 Å². The maximum atomic E-state index is 12.5. The fourth-order valence-corrected chi connectivity index (χ4v) is 2.04. The molecule has 1 aromatic rings. The van der Waals surface area contributed by atoms with Crippen molar-refractivity contribution >= 4 is 5.69 Å². The molecule has 1 saturated heterocycles. The summed E-state index contributed by atoms with van der Waals surface area (Å²) in [6.45, 7) is 1.37. The van der Waals surface area contributed by atoms with Crippen molar-refractivity contribution in [3.63, 3.8) is 0 Å². The highest BCUT2D eigenvalue weighted by molar-refractivity contribution is 5.49. The van der Waals surface area contributed by atoms with Gasteiger partial charge in [-0.25, -0.2) is 0 Å². The number of benzene rings is 1. The van der Waals surface area contributed by atoms with Crippen molar-refractivity contribution in [3.8, 4) is 5.75 Å². The zero-order valence-corrected chi connectivity index (χ0v) is 10.4. The average Bonchev–Trinajstić information content (AvgIpc) is 2.38. The summed E-state index contributed by atoms with van der Waals surface area (Å²) in [5.41, 5.74) is -1.72. The second-order valence-electron chi connectivity index (χ2n) is 4.52. The largest absolute Gasteiger partial charge is 0.482 e. The number of nitrogens with one attached hydrogen (secondary N) is 1. The van der Waals surface area contributed by atoms with E-state index in [9.17, 15) is 23.3 Å². The van der Waals surface area contributed by atoms with Crippen LogP contribution in [0.1, 0.15) is 18.4 Å². The first-order valence-corrected chi connectivity index (χ1v) is 6.11. The summed E-state index contributed by atoms with van der Waals surface area (Å²) in [6, 6.07) is 2.31. The van der Waals surface area contributed by atoms with Crippen molar-refractivity contribution in [2.45, 2.75) is 25.1 Å². The molecule has 110 valence electrons. The average molecular weight is 290 g/mol. The normalized spacial score (nSPS) is 19.6. The summed E-state index contributed by atoms with van der Waals surface area (Å²) >= 11 is 0. The highest BCUT2D eigenvalue weighted by Gasteiger charge is 2.33. The van der Waals surface area contributed by atoms with Gasteiger partial charge in [-0.3, -0.25) is 10.1 Å². The Morgan fingerprint density at radius 1 is 1.40 bits per heavy atom. The predicted octanol–water partition coefficient (Wildman–Crippen LogP) is 2.74. The number of halogens is 3. The Morgan fingerprint density at radius 2 is 2.15 bits per heavy atom. The molecular formula is C12H13F3N2O3. The highest BCUT2D eigenvalue weighted by Crippen LogP contribution is 2.36. The minimum atomic E-state index is -4.62. The summed E-state index contributed by atoms with van der Waals surface area (Å²) in [4.78, 5) is 10.0. The lowest BCUT2D eigenvalue weighted by Gasteiger charge is -2.23. The van der Waals surface area contributed by atoms with Gasteiger partial charge in [0.1, 0.15) is 6.10 Å². The van der Waals surface area contributed by atoms with Gasteiger partial charge in [0, 0.05) is 12.6 Å². The van der Waals surface area contributed by atoms with Crippen molar-refractivity contribution in [1.29, 1.82) is 0 Å². The van der Waals surface area contributed by atoms with Crippen LogP contribution in [0.5, 0.6) is 5.75 Å². The molecule has 8 heteroatoms. The van der Waals surface area contributed by atoms with Gasteiger partial charge in [0.15, 0.2) is 5.75 Å². The first-order chi connectivity index (χ1) is 9.38. The van der Waals surface area contributed by atoms with E-state index in [1.54, 1.807) is 0 Å². The van der Waals surface area contributed by atoms with Crippen LogP contribution in [0, 0.1) is 10.1 Å². The lowest BCUT2D eigenvalue weighted by Crippen LogP contribution is -2.37. The molecule has 0 saturated carbocycles. The van der Waals surface area contributed by atoms with Crippen LogP contribution >= 0.6 is 0 Å². The third-order valence-electron chi connectivity index (χ3n) is 3.03. The second-order valence-corrected chi connectivity index (χ2v) is 4.52. The maximum absolute atomic E-state index is 12.5. The van der Waals surface area contributed by atoms with E-state index in [2.05, 4.69) is 5.32 Å². The monoisotopic (exact) mass is 290 g/mol. The van der Waals surface area contributed by atoms with Gasteiger partial charge in [0.05, 0.1) is 10.5 Å². The molecule has 2 rings (SSSR count). The van der Waals surface area contributed by atoms with Gasteiger partial charge in [-0.05, 0) is 31.5 Å². The van der Waals surface area contributed by atoms with Gasteiger partial charge in [-0.2, -0.15) is 13.2 Å². The second kappa shape index (κ2) is 5.66. The van der Waals surface area contributed by atoms with Gasteiger partial charge < -0.3 is 10.1 Å². The third-order valence-corrected chi connectivity index (χ3v) is 3.03. The lowest BCUT2D eigenvalue weighted by atomic mass is 10.1. The molecule has 0 bridgehead atoms. The Hall–Kier alpha value is -1.83. The minimum Gasteiger partial charge on any atom is -0.482 e. The molecule has 1 fully saturated rings. The van der Waals surface area contributed by atoms with Crippen LogP contribution in [-0.4, -0.2) is 24.1 Å². The van der Waals surface area contributed by atoms with E-state index in [1.807, 2.05) is 0 Å². The molecule has 0 spiro atoms. The van der Waals surface area contributed by atoms with Crippen molar-refractivity contribution in [1.82, 2.24) is 5.32 Å². The molecule has 1 N–H and O–H groups in total. The van der Waals surface area contributed by atoms with Gasteiger partial charge in [0.25, 0.3) is 0 Å². The van der Waals surface area contributed by atoms with Crippen molar-refractivity contribution in [2.75, 3.05) is 13.1 Å². The molecular weight excluding hydrogens is 277 g/mol. The van der Waals surface area contributed by atoms with Crippen molar-refractivity contribution < 1.29 is 22.8 Å². The van der Waals surface area contributed by atoms with Crippen LogP contribution in [0.4, 0.5) is 18.9 Å². The highest BCUT2D eigenvalue weighted by atomic mass is 19.4. The summed E-state index contributed by atoms with van der Waals surface area (Å²) < 4.78 is 43.1. The minimum absolute atomic E-state index is 0.128. The Bertz CT molecular complexity index is 499. The molecule has 0 amide bonds. The van der Waals surface area contributed by atoms with Crippen molar-refractivity contribution in [2.24, 2.45) is 0 Å². The molecule has 1 aliphatic rings. The number of rotatable bonds is 3. The maximum Gasteiger partial charge on any atom is 0.416 e. The molecule has 1 atom stereocenters. The van der Waals surface area contributed by atoms with E-state index < -0.39 is 22.4 Å². The van der Waals surface area contributed by atoms with Crippen LogP contribution in [0.15, 0.2) is 18.2 Å². The van der Waals surface area contributed by atoms with E-state index in [-0.39, 0.29) is 11.9 Å². The van der Waals surface area contributed by atoms with Crippen LogP contribution < -0.4 is 10.1 Å². The van der Waals surface area contributed by atoms with E-state index in [0.29, 0.717) is 19.0 Å². The SMILES string of the molecule is O=[N+]([O-])c1cc(C(F)(F)F)ccc1O[C@H]1CCCNC1. The number of piperidine rings is 1. The summed E-state index contributed by atoms with van der Waals surface area (Å²) in [6.07, 6.45) is -3.31. The molecule has 1 heterocycles. The van der Waals surface area contributed by atoms with Crippen LogP contribution in [0.2, 0.25) is 0 Å². The number of hydrogen-bond acceptors (Lipinski definition) is 4. The number of alkyl halides is 3. The number of nitro benzene ring substituents is 1.